The first-order chi connectivity index (χ1) is 12.8. The molecule has 0 radical (unpaired) electrons. The molecule has 140 valence electrons. The van der Waals surface area contributed by atoms with Crippen molar-refractivity contribution in [3.05, 3.63) is 48.3 Å². The molecule has 0 aliphatic carbocycles. The summed E-state index contributed by atoms with van der Waals surface area (Å²) in [5.74, 6) is 0.895. The van der Waals surface area contributed by atoms with Gasteiger partial charge < -0.3 is 10.6 Å². The van der Waals surface area contributed by atoms with Crippen LogP contribution in [0.25, 0.3) is 5.69 Å². The number of likely N-dealkylation sites (tertiary alicyclic amines) is 1. The van der Waals surface area contributed by atoms with Crippen LogP contribution in [-0.4, -0.2) is 52.9 Å². The van der Waals surface area contributed by atoms with E-state index in [1.54, 1.807) is 6.20 Å². The molecule has 0 spiro atoms. The molecule has 1 aromatic heterocycles. The average molecular weight is 355 g/mol. The Kier molecular flexibility index (Phi) is 6.66. The number of aliphatic imine (C=N–C) groups is 1. The number of nitrogens with zero attached hydrogens (tertiary/aromatic N) is 4. The summed E-state index contributed by atoms with van der Waals surface area (Å²) in [6.45, 7) is 9.18. The standard InChI is InChI=1S/C20H30N6/c1-3-21-20(23-16-19-7-5-13-25(19)4-2)22-15-17-8-10-18(11-9-17)26-14-6-12-24-26/h6,8-12,14,19H,3-5,7,13,15-16H2,1-2H3,(H2,21,22,23). The fourth-order valence-corrected chi connectivity index (χ4v) is 3.44. The molecular weight excluding hydrogens is 324 g/mol. The number of hydrogen-bond acceptors (Lipinski definition) is 3. The van der Waals surface area contributed by atoms with Crippen LogP contribution in [0.4, 0.5) is 0 Å². The van der Waals surface area contributed by atoms with Gasteiger partial charge in [-0.2, -0.15) is 5.10 Å². The first-order valence-corrected chi connectivity index (χ1v) is 9.65. The van der Waals surface area contributed by atoms with Crippen molar-refractivity contribution in [3.8, 4) is 5.69 Å². The van der Waals surface area contributed by atoms with Crippen molar-refractivity contribution in [2.75, 3.05) is 26.2 Å². The maximum atomic E-state index is 4.74. The molecule has 6 nitrogen and oxygen atoms in total. The molecule has 1 saturated heterocycles. The molecule has 3 rings (SSSR count). The third-order valence-corrected chi connectivity index (χ3v) is 4.88. The zero-order valence-electron chi connectivity index (χ0n) is 15.9. The fourth-order valence-electron chi connectivity index (χ4n) is 3.44. The summed E-state index contributed by atoms with van der Waals surface area (Å²) in [4.78, 5) is 7.29. The van der Waals surface area contributed by atoms with Crippen LogP contribution in [0.3, 0.4) is 0 Å². The minimum atomic E-state index is 0.622. The van der Waals surface area contributed by atoms with Gasteiger partial charge in [0.1, 0.15) is 0 Å². The van der Waals surface area contributed by atoms with Gasteiger partial charge in [0.2, 0.25) is 0 Å². The number of hydrogen-bond donors (Lipinski definition) is 2. The van der Waals surface area contributed by atoms with E-state index in [-0.39, 0.29) is 0 Å². The van der Waals surface area contributed by atoms with E-state index in [1.807, 2.05) is 16.9 Å². The van der Waals surface area contributed by atoms with Crippen molar-refractivity contribution >= 4 is 5.96 Å². The van der Waals surface area contributed by atoms with Crippen LogP contribution < -0.4 is 10.6 Å². The Hall–Kier alpha value is -2.34. The first-order valence-electron chi connectivity index (χ1n) is 9.65. The summed E-state index contributed by atoms with van der Waals surface area (Å²) < 4.78 is 1.86. The quantitative estimate of drug-likeness (QED) is 0.592. The van der Waals surface area contributed by atoms with Gasteiger partial charge in [0.25, 0.3) is 0 Å². The van der Waals surface area contributed by atoms with Gasteiger partial charge >= 0.3 is 0 Å². The maximum Gasteiger partial charge on any atom is 0.191 e. The second-order valence-electron chi connectivity index (χ2n) is 6.62. The maximum absolute atomic E-state index is 4.74. The van der Waals surface area contributed by atoms with Gasteiger partial charge in [-0.15, -0.1) is 0 Å². The van der Waals surface area contributed by atoms with Crippen LogP contribution >= 0.6 is 0 Å². The van der Waals surface area contributed by atoms with E-state index in [1.165, 1.54) is 24.9 Å². The molecule has 0 saturated carbocycles. The SMILES string of the molecule is CCNC(=NCc1ccc(-n2cccn2)cc1)NCC1CCCN1CC. The van der Waals surface area contributed by atoms with E-state index in [0.717, 1.165) is 31.3 Å². The lowest BCUT2D eigenvalue weighted by Gasteiger charge is -2.24. The van der Waals surface area contributed by atoms with Crippen molar-refractivity contribution in [1.82, 2.24) is 25.3 Å². The van der Waals surface area contributed by atoms with Crippen LogP contribution in [0.15, 0.2) is 47.7 Å². The average Bonchev–Trinajstić information content (AvgIpc) is 3.36. The lowest BCUT2D eigenvalue weighted by molar-refractivity contribution is 0.267. The molecule has 1 fully saturated rings. The summed E-state index contributed by atoms with van der Waals surface area (Å²) in [6.07, 6.45) is 6.31. The molecule has 1 atom stereocenters. The van der Waals surface area contributed by atoms with Gasteiger partial charge in [-0.25, -0.2) is 9.67 Å². The normalized spacial score (nSPS) is 18.2. The Morgan fingerprint density at radius 1 is 1.23 bits per heavy atom. The Bertz CT molecular complexity index is 677. The van der Waals surface area contributed by atoms with Crippen molar-refractivity contribution in [2.24, 2.45) is 4.99 Å². The molecule has 1 aromatic carbocycles. The number of likely N-dealkylation sites (N-methyl/N-ethyl adjacent to an activating group) is 1. The lowest BCUT2D eigenvalue weighted by Crippen LogP contribution is -2.44. The highest BCUT2D eigenvalue weighted by Gasteiger charge is 2.22. The lowest BCUT2D eigenvalue weighted by atomic mass is 10.2. The number of aromatic nitrogens is 2. The largest absolute Gasteiger partial charge is 0.357 e. The number of guanidine groups is 1. The number of benzene rings is 1. The van der Waals surface area contributed by atoms with Crippen LogP contribution in [0.5, 0.6) is 0 Å². The topological polar surface area (TPSA) is 57.5 Å². The Morgan fingerprint density at radius 2 is 2.08 bits per heavy atom. The molecule has 0 bridgehead atoms. The predicted octanol–water partition coefficient (Wildman–Crippen LogP) is 2.41. The van der Waals surface area contributed by atoms with E-state index in [0.29, 0.717) is 12.6 Å². The summed E-state index contributed by atoms with van der Waals surface area (Å²) in [6, 6.07) is 10.9. The van der Waals surface area contributed by atoms with E-state index in [2.05, 4.69) is 58.7 Å². The van der Waals surface area contributed by atoms with Crippen LogP contribution in [0.2, 0.25) is 0 Å². The molecule has 1 unspecified atom stereocenters. The molecule has 2 heterocycles. The smallest absolute Gasteiger partial charge is 0.191 e. The van der Waals surface area contributed by atoms with Gasteiger partial charge in [-0.1, -0.05) is 19.1 Å². The Balaban J connectivity index is 1.56. The zero-order chi connectivity index (χ0) is 18.2. The minimum Gasteiger partial charge on any atom is -0.357 e. The number of rotatable bonds is 7. The van der Waals surface area contributed by atoms with E-state index >= 15 is 0 Å². The molecule has 26 heavy (non-hydrogen) atoms. The van der Waals surface area contributed by atoms with Gasteiger partial charge in [0.05, 0.1) is 12.2 Å². The summed E-state index contributed by atoms with van der Waals surface area (Å²) in [7, 11) is 0. The van der Waals surface area contributed by atoms with Crippen molar-refractivity contribution in [3.63, 3.8) is 0 Å². The minimum absolute atomic E-state index is 0.622. The second kappa shape index (κ2) is 9.38. The Morgan fingerprint density at radius 3 is 2.77 bits per heavy atom. The van der Waals surface area contributed by atoms with Gasteiger partial charge in [0, 0.05) is 31.5 Å². The monoisotopic (exact) mass is 354 g/mol. The third kappa shape index (κ3) is 4.85. The summed E-state index contributed by atoms with van der Waals surface area (Å²) >= 11 is 0. The third-order valence-electron chi connectivity index (χ3n) is 4.88. The number of nitrogens with one attached hydrogen (secondary N) is 2. The summed E-state index contributed by atoms with van der Waals surface area (Å²) in [5.41, 5.74) is 2.25. The van der Waals surface area contributed by atoms with Crippen LogP contribution in [-0.2, 0) is 6.54 Å². The zero-order valence-corrected chi connectivity index (χ0v) is 15.9. The highest BCUT2D eigenvalue weighted by Crippen LogP contribution is 2.15. The Labute approximate surface area is 156 Å². The second-order valence-corrected chi connectivity index (χ2v) is 6.62. The molecule has 0 amide bonds. The van der Waals surface area contributed by atoms with Gasteiger partial charge in [-0.3, -0.25) is 4.90 Å². The first kappa shape index (κ1) is 18.5. The van der Waals surface area contributed by atoms with Crippen LogP contribution in [0.1, 0.15) is 32.3 Å². The van der Waals surface area contributed by atoms with Gasteiger partial charge in [0.15, 0.2) is 5.96 Å². The highest BCUT2D eigenvalue weighted by atomic mass is 15.3. The fraction of sp³-hybridized carbons (Fsp3) is 0.500. The predicted molar refractivity (Wildman–Crippen MR) is 107 cm³/mol. The molecular formula is C20H30N6. The van der Waals surface area contributed by atoms with Crippen molar-refractivity contribution in [2.45, 2.75) is 39.3 Å². The molecule has 1 aliphatic heterocycles. The van der Waals surface area contributed by atoms with E-state index < -0.39 is 0 Å². The molecule has 2 N–H and O–H groups in total. The van der Waals surface area contributed by atoms with Crippen LogP contribution in [0, 0.1) is 0 Å². The van der Waals surface area contributed by atoms with Crippen molar-refractivity contribution in [1.29, 1.82) is 0 Å². The van der Waals surface area contributed by atoms with E-state index in [4.69, 9.17) is 4.99 Å². The molecule has 2 aromatic rings. The summed E-state index contributed by atoms with van der Waals surface area (Å²) in [5, 5.41) is 11.1. The van der Waals surface area contributed by atoms with E-state index in [9.17, 15) is 0 Å². The highest BCUT2D eigenvalue weighted by molar-refractivity contribution is 5.79. The molecule has 6 heteroatoms. The van der Waals surface area contributed by atoms with Gasteiger partial charge in [-0.05, 0) is 56.6 Å². The molecule has 1 aliphatic rings. The van der Waals surface area contributed by atoms with Crippen molar-refractivity contribution < 1.29 is 0 Å².